The maximum atomic E-state index is 10.00. The van der Waals surface area contributed by atoms with E-state index in [1.54, 1.807) is 0 Å². The molecule has 8 N–H and O–H groups in total. The van der Waals surface area contributed by atoms with Gasteiger partial charge in [0.2, 0.25) is 5.79 Å². The van der Waals surface area contributed by atoms with E-state index >= 15 is 0 Å². The monoisotopic (exact) mass is 342 g/mol. The van der Waals surface area contributed by atoms with Crippen LogP contribution in [0.25, 0.3) is 0 Å². The molecule has 0 aromatic rings. The van der Waals surface area contributed by atoms with Gasteiger partial charge in [0.1, 0.15) is 42.7 Å². The number of ether oxygens (including phenoxy) is 3. The molecule has 9 atom stereocenters. The van der Waals surface area contributed by atoms with Crippen LogP contribution in [-0.2, 0) is 14.2 Å². The predicted molar refractivity (Wildman–Crippen MR) is 68.6 cm³/mol. The van der Waals surface area contributed by atoms with Crippen molar-refractivity contribution in [2.24, 2.45) is 0 Å². The summed E-state index contributed by atoms with van der Waals surface area (Å²) < 4.78 is 15.3. The van der Waals surface area contributed by atoms with Crippen LogP contribution < -0.4 is 0 Å². The van der Waals surface area contributed by atoms with E-state index in [-0.39, 0.29) is 0 Å². The Kier molecular flexibility index (Phi) is 5.92. The summed E-state index contributed by atoms with van der Waals surface area (Å²) in [4.78, 5) is 0. The van der Waals surface area contributed by atoms with Crippen LogP contribution in [-0.4, -0.2) is 115 Å². The lowest BCUT2D eigenvalue weighted by Gasteiger charge is -2.41. The molecule has 136 valence electrons. The third-order valence-electron chi connectivity index (χ3n) is 4.04. The average Bonchev–Trinajstić information content (AvgIpc) is 2.80. The zero-order valence-corrected chi connectivity index (χ0v) is 12.0. The fourth-order valence-corrected chi connectivity index (χ4v) is 2.63. The zero-order valence-electron chi connectivity index (χ0n) is 12.0. The van der Waals surface area contributed by atoms with Gasteiger partial charge in [-0.15, -0.1) is 0 Å². The minimum atomic E-state index is -2.37. The van der Waals surface area contributed by atoms with Crippen molar-refractivity contribution in [1.29, 1.82) is 0 Å². The molecule has 11 heteroatoms. The third-order valence-corrected chi connectivity index (χ3v) is 4.04. The van der Waals surface area contributed by atoms with Crippen LogP contribution >= 0.6 is 0 Å². The molecule has 2 rings (SSSR count). The summed E-state index contributed by atoms with van der Waals surface area (Å²) >= 11 is 0. The topological polar surface area (TPSA) is 190 Å². The summed E-state index contributed by atoms with van der Waals surface area (Å²) in [5.41, 5.74) is 0. The smallest absolute Gasteiger partial charge is 0.219 e. The molecule has 0 radical (unpaired) electrons. The zero-order chi connectivity index (χ0) is 17.4. The van der Waals surface area contributed by atoms with E-state index in [0.29, 0.717) is 0 Å². The molecule has 0 saturated carbocycles. The molecular formula is C12H22O11. The molecule has 0 aromatic heterocycles. The van der Waals surface area contributed by atoms with Gasteiger partial charge >= 0.3 is 0 Å². The van der Waals surface area contributed by atoms with Crippen LogP contribution in [0.5, 0.6) is 0 Å². The SMILES string of the molecule is OC[C@@H]1O[C@H](O[C@H]2[C@H](CO)O[C@@](O)(CO)[C@@H]2O)[C@H](O)[C@H](O)[C@@H]1O. The highest BCUT2D eigenvalue weighted by Gasteiger charge is 2.56. The second-order valence-corrected chi connectivity index (χ2v) is 5.58. The van der Waals surface area contributed by atoms with E-state index in [9.17, 15) is 30.6 Å². The van der Waals surface area contributed by atoms with Crippen molar-refractivity contribution in [2.45, 2.75) is 54.8 Å². The summed E-state index contributed by atoms with van der Waals surface area (Å²) in [6.07, 6.45) is -12.2. The lowest BCUT2D eigenvalue weighted by Crippen LogP contribution is -2.60. The molecule has 2 fully saturated rings. The van der Waals surface area contributed by atoms with Crippen LogP contribution in [0, 0.1) is 0 Å². The molecule has 0 aromatic carbocycles. The first kappa shape index (κ1) is 18.9. The molecule has 23 heavy (non-hydrogen) atoms. The summed E-state index contributed by atoms with van der Waals surface area (Å²) in [6, 6.07) is 0. The lowest BCUT2D eigenvalue weighted by atomic mass is 9.99. The largest absolute Gasteiger partial charge is 0.394 e. The Bertz CT molecular complexity index is 393. The molecule has 2 heterocycles. The first-order valence-electron chi connectivity index (χ1n) is 7.05. The van der Waals surface area contributed by atoms with E-state index in [2.05, 4.69) is 0 Å². The fourth-order valence-electron chi connectivity index (χ4n) is 2.63. The van der Waals surface area contributed by atoms with Crippen molar-refractivity contribution in [3.8, 4) is 0 Å². The summed E-state index contributed by atoms with van der Waals surface area (Å²) in [7, 11) is 0. The van der Waals surface area contributed by atoms with Crippen molar-refractivity contribution in [1.82, 2.24) is 0 Å². The molecule has 0 bridgehead atoms. The predicted octanol–water partition coefficient (Wildman–Crippen LogP) is -5.40. The van der Waals surface area contributed by atoms with Crippen molar-refractivity contribution < 1.29 is 55.1 Å². The van der Waals surface area contributed by atoms with Gasteiger partial charge < -0.3 is 55.1 Å². The van der Waals surface area contributed by atoms with Crippen molar-refractivity contribution >= 4 is 0 Å². The first-order valence-corrected chi connectivity index (χ1v) is 7.05. The number of rotatable bonds is 5. The first-order chi connectivity index (χ1) is 10.8. The maximum Gasteiger partial charge on any atom is 0.219 e. The molecular weight excluding hydrogens is 320 g/mol. The van der Waals surface area contributed by atoms with Gasteiger partial charge in [-0.3, -0.25) is 0 Å². The molecule has 2 aliphatic heterocycles. The van der Waals surface area contributed by atoms with E-state index < -0.39 is 74.6 Å². The highest BCUT2D eigenvalue weighted by atomic mass is 16.7. The minimum Gasteiger partial charge on any atom is -0.394 e. The molecule has 2 saturated heterocycles. The van der Waals surface area contributed by atoms with Crippen LogP contribution in [0.3, 0.4) is 0 Å². The Morgan fingerprint density at radius 1 is 0.870 bits per heavy atom. The fraction of sp³-hybridized carbons (Fsp3) is 1.00. The Morgan fingerprint density at radius 2 is 1.48 bits per heavy atom. The Balaban J connectivity index is 2.13. The highest BCUT2D eigenvalue weighted by molar-refractivity contribution is 4.98. The molecule has 0 unspecified atom stereocenters. The maximum absolute atomic E-state index is 10.00. The van der Waals surface area contributed by atoms with Crippen molar-refractivity contribution in [3.63, 3.8) is 0 Å². The van der Waals surface area contributed by atoms with Crippen LogP contribution in [0.4, 0.5) is 0 Å². The summed E-state index contributed by atoms with van der Waals surface area (Å²) in [6.45, 7) is -2.32. The van der Waals surface area contributed by atoms with Crippen LogP contribution in [0.15, 0.2) is 0 Å². The molecule has 2 aliphatic rings. The van der Waals surface area contributed by atoms with Gasteiger partial charge in [0, 0.05) is 0 Å². The van der Waals surface area contributed by atoms with E-state index in [1.807, 2.05) is 0 Å². The third kappa shape index (κ3) is 3.36. The second-order valence-electron chi connectivity index (χ2n) is 5.58. The van der Waals surface area contributed by atoms with Crippen molar-refractivity contribution in [3.05, 3.63) is 0 Å². The van der Waals surface area contributed by atoms with Gasteiger partial charge in [-0.2, -0.15) is 0 Å². The number of hydrogen-bond acceptors (Lipinski definition) is 11. The van der Waals surface area contributed by atoms with E-state index in [0.717, 1.165) is 0 Å². The van der Waals surface area contributed by atoms with Gasteiger partial charge in [-0.05, 0) is 0 Å². The van der Waals surface area contributed by atoms with E-state index in [4.69, 9.17) is 24.4 Å². The summed E-state index contributed by atoms with van der Waals surface area (Å²) in [5.74, 6) is -2.37. The van der Waals surface area contributed by atoms with Gasteiger partial charge in [0.25, 0.3) is 0 Å². The molecule has 0 spiro atoms. The Morgan fingerprint density at radius 3 is 2.00 bits per heavy atom. The summed E-state index contributed by atoms with van der Waals surface area (Å²) in [5, 5.41) is 76.5. The van der Waals surface area contributed by atoms with Crippen LogP contribution in [0.2, 0.25) is 0 Å². The number of hydrogen-bond donors (Lipinski definition) is 8. The van der Waals surface area contributed by atoms with Gasteiger partial charge in [-0.1, -0.05) is 0 Å². The normalized spacial score (nSPS) is 51.1. The standard InChI is InChI=1S/C12H22O11/c13-1-4-6(16)7(17)8(18)11(21-4)22-9-5(2-14)23-12(20,3-15)10(9)19/h4-11,13-20H,1-3H2/t4-,5-,6+,7+,8+,9-,10+,11+,12-/m0/s1. The van der Waals surface area contributed by atoms with Crippen LogP contribution in [0.1, 0.15) is 0 Å². The van der Waals surface area contributed by atoms with Gasteiger partial charge in [-0.25, -0.2) is 0 Å². The Labute approximate surface area is 130 Å². The average molecular weight is 342 g/mol. The molecule has 0 aliphatic carbocycles. The highest BCUT2D eigenvalue weighted by Crippen LogP contribution is 2.33. The Hall–Kier alpha value is -0.440. The van der Waals surface area contributed by atoms with Gasteiger partial charge in [0.05, 0.1) is 19.8 Å². The van der Waals surface area contributed by atoms with Crippen molar-refractivity contribution in [2.75, 3.05) is 19.8 Å². The van der Waals surface area contributed by atoms with Gasteiger partial charge in [0.15, 0.2) is 6.29 Å². The minimum absolute atomic E-state index is 0.668. The lowest BCUT2D eigenvalue weighted by molar-refractivity contribution is -0.318. The molecule has 0 amide bonds. The molecule has 11 nitrogen and oxygen atoms in total. The number of aliphatic hydroxyl groups is 8. The van der Waals surface area contributed by atoms with E-state index in [1.165, 1.54) is 0 Å². The second kappa shape index (κ2) is 7.21. The quantitative estimate of drug-likeness (QED) is 0.238. The number of aliphatic hydroxyl groups excluding tert-OH is 7.